The van der Waals surface area contributed by atoms with Crippen molar-refractivity contribution in [3.63, 3.8) is 0 Å². The van der Waals surface area contributed by atoms with Crippen molar-refractivity contribution in [2.24, 2.45) is 0 Å². The number of aromatic nitrogens is 2. The van der Waals surface area contributed by atoms with Gasteiger partial charge < -0.3 is 15.4 Å². The van der Waals surface area contributed by atoms with E-state index < -0.39 is 0 Å². The molecule has 20 heavy (non-hydrogen) atoms. The van der Waals surface area contributed by atoms with Crippen LogP contribution in [-0.4, -0.2) is 23.6 Å². The van der Waals surface area contributed by atoms with Crippen LogP contribution >= 0.6 is 0 Å². The second-order valence-electron chi connectivity index (χ2n) is 4.30. The van der Waals surface area contributed by atoms with Gasteiger partial charge in [0.1, 0.15) is 11.6 Å². The van der Waals surface area contributed by atoms with Gasteiger partial charge in [-0.2, -0.15) is 4.98 Å². The summed E-state index contributed by atoms with van der Waals surface area (Å²) in [5.74, 6) is 1.89. The van der Waals surface area contributed by atoms with Crippen molar-refractivity contribution >= 4 is 11.8 Å². The van der Waals surface area contributed by atoms with E-state index in [2.05, 4.69) is 16.5 Å². The van der Waals surface area contributed by atoms with Gasteiger partial charge in [-0.05, 0) is 23.8 Å². The van der Waals surface area contributed by atoms with Crippen molar-refractivity contribution in [3.8, 4) is 5.75 Å². The molecule has 1 heterocycles. The minimum Gasteiger partial charge on any atom is -0.497 e. The van der Waals surface area contributed by atoms with Gasteiger partial charge in [-0.15, -0.1) is 6.58 Å². The third kappa shape index (κ3) is 3.47. The second-order valence-corrected chi connectivity index (χ2v) is 4.30. The van der Waals surface area contributed by atoms with E-state index >= 15 is 0 Å². The highest BCUT2D eigenvalue weighted by molar-refractivity contribution is 5.40. The summed E-state index contributed by atoms with van der Waals surface area (Å²) in [6, 6.07) is 9.56. The largest absolute Gasteiger partial charge is 0.497 e. The maximum absolute atomic E-state index is 5.70. The third-order valence-electron chi connectivity index (χ3n) is 2.83. The van der Waals surface area contributed by atoms with Crippen molar-refractivity contribution in [3.05, 3.63) is 54.7 Å². The van der Waals surface area contributed by atoms with Crippen LogP contribution in [0.2, 0.25) is 0 Å². The van der Waals surface area contributed by atoms with Crippen LogP contribution in [0.1, 0.15) is 5.56 Å². The first-order valence-corrected chi connectivity index (χ1v) is 6.30. The fourth-order valence-electron chi connectivity index (χ4n) is 1.84. The molecule has 0 aliphatic rings. The number of rotatable bonds is 6. The minimum atomic E-state index is 0.457. The van der Waals surface area contributed by atoms with Gasteiger partial charge in [0.05, 0.1) is 7.11 Å². The molecule has 0 fully saturated rings. The zero-order chi connectivity index (χ0) is 14.4. The van der Waals surface area contributed by atoms with Crippen LogP contribution in [0.3, 0.4) is 0 Å². The lowest BCUT2D eigenvalue weighted by atomic mass is 10.2. The summed E-state index contributed by atoms with van der Waals surface area (Å²) < 4.78 is 5.15. The van der Waals surface area contributed by atoms with Crippen LogP contribution in [0.4, 0.5) is 11.8 Å². The second kappa shape index (κ2) is 6.56. The Hall–Kier alpha value is -2.56. The molecule has 0 saturated carbocycles. The number of hydrogen-bond donors (Lipinski definition) is 1. The number of benzene rings is 1. The summed E-state index contributed by atoms with van der Waals surface area (Å²) in [6.07, 6.45) is 3.47. The average molecular weight is 270 g/mol. The van der Waals surface area contributed by atoms with E-state index in [1.165, 1.54) is 0 Å². The Balaban J connectivity index is 2.18. The van der Waals surface area contributed by atoms with E-state index in [1.807, 2.05) is 35.2 Å². The number of nitrogen functional groups attached to an aromatic ring is 1. The molecule has 0 atom stereocenters. The molecule has 0 amide bonds. The van der Waals surface area contributed by atoms with Gasteiger partial charge in [0.15, 0.2) is 0 Å². The Morgan fingerprint density at radius 2 is 2.05 bits per heavy atom. The predicted octanol–water partition coefficient (Wildman–Crippen LogP) is 2.26. The van der Waals surface area contributed by atoms with Gasteiger partial charge >= 0.3 is 0 Å². The Morgan fingerprint density at radius 3 is 2.65 bits per heavy atom. The zero-order valence-electron chi connectivity index (χ0n) is 11.5. The maximum atomic E-state index is 5.70. The highest BCUT2D eigenvalue weighted by atomic mass is 16.5. The molecule has 0 radical (unpaired) electrons. The quantitative estimate of drug-likeness (QED) is 0.816. The number of nitrogens with two attached hydrogens (primary N) is 1. The molecule has 0 spiro atoms. The molecule has 1 aromatic carbocycles. The minimum absolute atomic E-state index is 0.457. The molecule has 0 unspecified atom stereocenters. The van der Waals surface area contributed by atoms with E-state index in [-0.39, 0.29) is 0 Å². The van der Waals surface area contributed by atoms with Crippen LogP contribution in [-0.2, 0) is 6.54 Å². The number of hydrogen-bond acceptors (Lipinski definition) is 5. The summed E-state index contributed by atoms with van der Waals surface area (Å²) in [5.41, 5.74) is 6.84. The van der Waals surface area contributed by atoms with Gasteiger partial charge in [0, 0.05) is 19.3 Å². The van der Waals surface area contributed by atoms with Gasteiger partial charge in [-0.3, -0.25) is 0 Å². The number of anilines is 2. The van der Waals surface area contributed by atoms with Gasteiger partial charge in [0.2, 0.25) is 5.95 Å². The van der Waals surface area contributed by atoms with Crippen LogP contribution < -0.4 is 15.4 Å². The van der Waals surface area contributed by atoms with Gasteiger partial charge in [-0.25, -0.2) is 4.98 Å². The summed E-state index contributed by atoms with van der Waals surface area (Å²) in [7, 11) is 1.65. The Labute approximate surface area is 118 Å². The summed E-state index contributed by atoms with van der Waals surface area (Å²) in [5, 5.41) is 0. The van der Waals surface area contributed by atoms with E-state index in [0.29, 0.717) is 24.9 Å². The smallest absolute Gasteiger partial charge is 0.227 e. The highest BCUT2D eigenvalue weighted by Crippen LogP contribution is 2.16. The van der Waals surface area contributed by atoms with Crippen molar-refractivity contribution in [1.82, 2.24) is 9.97 Å². The fourth-order valence-corrected chi connectivity index (χ4v) is 1.84. The normalized spacial score (nSPS) is 10.1. The lowest BCUT2D eigenvalue weighted by molar-refractivity contribution is 0.414. The molecule has 104 valence electrons. The van der Waals surface area contributed by atoms with E-state index in [4.69, 9.17) is 10.5 Å². The summed E-state index contributed by atoms with van der Waals surface area (Å²) in [6.45, 7) is 5.10. The molecular formula is C15H18N4O. The summed E-state index contributed by atoms with van der Waals surface area (Å²) >= 11 is 0. The predicted molar refractivity (Wildman–Crippen MR) is 80.7 cm³/mol. The average Bonchev–Trinajstić information content (AvgIpc) is 2.47. The van der Waals surface area contributed by atoms with Gasteiger partial charge in [-0.1, -0.05) is 18.2 Å². The maximum Gasteiger partial charge on any atom is 0.227 e. The standard InChI is InChI=1S/C15H18N4O/c1-3-10-19(15-17-9-8-14(16)18-15)11-12-4-6-13(20-2)7-5-12/h3-9H,1,10-11H2,2H3,(H2,16,17,18). The molecule has 0 bridgehead atoms. The Morgan fingerprint density at radius 1 is 1.30 bits per heavy atom. The zero-order valence-corrected chi connectivity index (χ0v) is 11.5. The number of ether oxygens (including phenoxy) is 1. The number of methoxy groups -OCH3 is 1. The number of nitrogens with zero attached hydrogens (tertiary/aromatic N) is 3. The monoisotopic (exact) mass is 270 g/mol. The third-order valence-corrected chi connectivity index (χ3v) is 2.83. The van der Waals surface area contributed by atoms with Crippen LogP contribution in [0.25, 0.3) is 0 Å². The first kappa shape index (κ1) is 13.9. The molecule has 2 N–H and O–H groups in total. The molecule has 0 saturated heterocycles. The van der Waals surface area contributed by atoms with E-state index in [1.54, 1.807) is 19.4 Å². The topological polar surface area (TPSA) is 64.3 Å². The fraction of sp³-hybridized carbons (Fsp3) is 0.200. The molecule has 2 rings (SSSR count). The van der Waals surface area contributed by atoms with Crippen molar-refractivity contribution in [2.75, 3.05) is 24.3 Å². The molecule has 1 aromatic heterocycles. The lowest BCUT2D eigenvalue weighted by Crippen LogP contribution is -2.25. The van der Waals surface area contributed by atoms with Gasteiger partial charge in [0.25, 0.3) is 0 Å². The van der Waals surface area contributed by atoms with Crippen LogP contribution in [0, 0.1) is 0 Å². The molecule has 5 heteroatoms. The first-order chi connectivity index (χ1) is 9.72. The molecule has 0 aliphatic carbocycles. The first-order valence-electron chi connectivity index (χ1n) is 6.30. The van der Waals surface area contributed by atoms with E-state index in [0.717, 1.165) is 11.3 Å². The van der Waals surface area contributed by atoms with Crippen LogP contribution in [0.5, 0.6) is 5.75 Å². The SMILES string of the molecule is C=CCN(Cc1ccc(OC)cc1)c1nccc(N)n1. The van der Waals surface area contributed by atoms with Crippen molar-refractivity contribution < 1.29 is 4.74 Å². The Kier molecular flexibility index (Phi) is 4.55. The van der Waals surface area contributed by atoms with E-state index in [9.17, 15) is 0 Å². The summed E-state index contributed by atoms with van der Waals surface area (Å²) in [4.78, 5) is 10.5. The molecule has 0 aliphatic heterocycles. The highest BCUT2D eigenvalue weighted by Gasteiger charge is 2.09. The van der Waals surface area contributed by atoms with Crippen molar-refractivity contribution in [2.45, 2.75) is 6.54 Å². The lowest BCUT2D eigenvalue weighted by Gasteiger charge is -2.21. The van der Waals surface area contributed by atoms with Crippen LogP contribution in [0.15, 0.2) is 49.2 Å². The Bertz CT molecular complexity index is 568. The van der Waals surface area contributed by atoms with Crippen molar-refractivity contribution in [1.29, 1.82) is 0 Å². The molecular weight excluding hydrogens is 252 g/mol. The molecule has 5 nitrogen and oxygen atoms in total. The molecule has 2 aromatic rings.